The van der Waals surface area contributed by atoms with Crippen LogP contribution in [0.5, 0.6) is 5.75 Å². The van der Waals surface area contributed by atoms with E-state index in [2.05, 4.69) is 24.4 Å². The lowest BCUT2D eigenvalue weighted by molar-refractivity contribution is 0.302. The highest BCUT2D eigenvalue weighted by Gasteiger charge is 2.05. The summed E-state index contributed by atoms with van der Waals surface area (Å²) in [5, 5.41) is 4.17. The van der Waals surface area contributed by atoms with E-state index in [4.69, 9.17) is 16.3 Å². The summed E-state index contributed by atoms with van der Waals surface area (Å²) in [6.45, 7) is 4.56. The molecule has 2 aromatic rings. The van der Waals surface area contributed by atoms with Gasteiger partial charge in [0.1, 0.15) is 12.4 Å². The smallest absolute Gasteiger partial charge is 0.124 e. The molecule has 0 aliphatic carbocycles. The Morgan fingerprint density at radius 2 is 1.90 bits per heavy atom. The van der Waals surface area contributed by atoms with Gasteiger partial charge in [-0.05, 0) is 36.7 Å². The Hall–Kier alpha value is -1.51. The Morgan fingerprint density at radius 1 is 1.10 bits per heavy atom. The number of benzene rings is 2. The summed E-state index contributed by atoms with van der Waals surface area (Å²) in [6.07, 6.45) is 2.38. The zero-order chi connectivity index (χ0) is 14.9. The lowest BCUT2D eigenvalue weighted by Gasteiger charge is -2.13. The molecule has 0 spiro atoms. The molecule has 0 aliphatic rings. The van der Waals surface area contributed by atoms with Crippen LogP contribution in [-0.2, 0) is 13.2 Å². The third-order valence-electron chi connectivity index (χ3n) is 3.28. The van der Waals surface area contributed by atoms with E-state index in [0.717, 1.165) is 35.0 Å². The number of hydrogen-bond acceptors (Lipinski definition) is 2. The highest BCUT2D eigenvalue weighted by molar-refractivity contribution is 6.30. The van der Waals surface area contributed by atoms with Crippen LogP contribution in [0, 0.1) is 0 Å². The Kier molecular flexibility index (Phi) is 6.58. The van der Waals surface area contributed by atoms with Crippen molar-refractivity contribution in [3.63, 3.8) is 0 Å². The van der Waals surface area contributed by atoms with Gasteiger partial charge in [0, 0.05) is 17.1 Å². The Labute approximate surface area is 132 Å². The van der Waals surface area contributed by atoms with Crippen molar-refractivity contribution in [2.24, 2.45) is 0 Å². The Morgan fingerprint density at radius 3 is 2.67 bits per heavy atom. The largest absolute Gasteiger partial charge is 0.489 e. The average Bonchev–Trinajstić information content (AvgIpc) is 2.52. The first kappa shape index (κ1) is 15.9. The first-order chi connectivity index (χ1) is 10.3. The van der Waals surface area contributed by atoms with Crippen molar-refractivity contribution in [3.05, 3.63) is 64.7 Å². The van der Waals surface area contributed by atoms with Gasteiger partial charge in [-0.1, -0.05) is 55.3 Å². The van der Waals surface area contributed by atoms with E-state index in [9.17, 15) is 0 Å². The second-order valence-electron chi connectivity index (χ2n) is 5.06. The van der Waals surface area contributed by atoms with E-state index in [1.165, 1.54) is 12.8 Å². The first-order valence-electron chi connectivity index (χ1n) is 7.45. The van der Waals surface area contributed by atoms with Crippen molar-refractivity contribution >= 4 is 11.6 Å². The molecular weight excluding hydrogens is 282 g/mol. The van der Waals surface area contributed by atoms with Gasteiger partial charge in [0.2, 0.25) is 0 Å². The van der Waals surface area contributed by atoms with Crippen molar-refractivity contribution in [3.8, 4) is 5.75 Å². The van der Waals surface area contributed by atoms with Crippen molar-refractivity contribution in [2.45, 2.75) is 32.9 Å². The molecule has 2 nitrogen and oxygen atoms in total. The van der Waals surface area contributed by atoms with Crippen LogP contribution in [0.2, 0.25) is 5.02 Å². The van der Waals surface area contributed by atoms with Crippen molar-refractivity contribution in [1.29, 1.82) is 0 Å². The maximum Gasteiger partial charge on any atom is 0.124 e. The van der Waals surface area contributed by atoms with Gasteiger partial charge in [-0.25, -0.2) is 0 Å². The normalized spacial score (nSPS) is 10.6. The molecule has 0 aromatic heterocycles. The highest BCUT2D eigenvalue weighted by Crippen LogP contribution is 2.23. The zero-order valence-corrected chi connectivity index (χ0v) is 13.2. The van der Waals surface area contributed by atoms with Crippen molar-refractivity contribution < 1.29 is 4.74 Å². The quantitative estimate of drug-likeness (QED) is 0.707. The minimum absolute atomic E-state index is 0.574. The van der Waals surface area contributed by atoms with Crippen LogP contribution in [0.1, 0.15) is 30.9 Å². The second-order valence-corrected chi connectivity index (χ2v) is 5.49. The fourth-order valence-electron chi connectivity index (χ4n) is 2.09. The number of hydrogen-bond donors (Lipinski definition) is 1. The summed E-state index contributed by atoms with van der Waals surface area (Å²) in [7, 11) is 0. The predicted molar refractivity (Wildman–Crippen MR) is 88.8 cm³/mol. The minimum Gasteiger partial charge on any atom is -0.489 e. The molecule has 3 heteroatoms. The van der Waals surface area contributed by atoms with E-state index in [1.807, 2.05) is 36.4 Å². The molecule has 0 atom stereocenters. The molecule has 112 valence electrons. The SMILES string of the molecule is CCCCNCc1cc(Cl)ccc1OCc1ccccc1. The van der Waals surface area contributed by atoms with E-state index in [1.54, 1.807) is 0 Å². The molecule has 0 heterocycles. The van der Waals surface area contributed by atoms with E-state index >= 15 is 0 Å². The van der Waals surface area contributed by atoms with Crippen LogP contribution in [0.3, 0.4) is 0 Å². The van der Waals surface area contributed by atoms with Gasteiger partial charge in [-0.3, -0.25) is 0 Å². The van der Waals surface area contributed by atoms with Crippen LogP contribution in [0.25, 0.3) is 0 Å². The third kappa shape index (κ3) is 5.41. The van der Waals surface area contributed by atoms with Gasteiger partial charge in [0.05, 0.1) is 0 Å². The van der Waals surface area contributed by atoms with E-state index in [-0.39, 0.29) is 0 Å². The minimum atomic E-state index is 0.574. The summed E-state index contributed by atoms with van der Waals surface area (Å²) in [5.74, 6) is 0.896. The summed E-state index contributed by atoms with van der Waals surface area (Å²) >= 11 is 6.09. The Balaban J connectivity index is 1.97. The lowest BCUT2D eigenvalue weighted by atomic mass is 10.2. The van der Waals surface area contributed by atoms with Gasteiger partial charge in [0.15, 0.2) is 0 Å². The van der Waals surface area contributed by atoms with Crippen molar-refractivity contribution in [2.75, 3.05) is 6.54 Å². The fourth-order valence-corrected chi connectivity index (χ4v) is 2.28. The second kappa shape index (κ2) is 8.71. The predicted octanol–water partition coefficient (Wildman–Crippen LogP) is 4.81. The summed E-state index contributed by atoms with van der Waals surface area (Å²) < 4.78 is 5.94. The molecule has 0 saturated carbocycles. The molecule has 0 aliphatic heterocycles. The number of ether oxygens (including phenoxy) is 1. The number of rotatable bonds is 8. The van der Waals surface area contributed by atoms with Gasteiger partial charge in [-0.2, -0.15) is 0 Å². The summed E-state index contributed by atoms with van der Waals surface area (Å²) in [6, 6.07) is 16.0. The summed E-state index contributed by atoms with van der Waals surface area (Å²) in [4.78, 5) is 0. The maximum atomic E-state index is 6.09. The maximum absolute atomic E-state index is 6.09. The van der Waals surface area contributed by atoms with E-state index in [0.29, 0.717) is 6.61 Å². The van der Waals surface area contributed by atoms with E-state index < -0.39 is 0 Å². The molecule has 21 heavy (non-hydrogen) atoms. The molecule has 1 N–H and O–H groups in total. The molecule has 0 fully saturated rings. The molecule has 0 radical (unpaired) electrons. The highest BCUT2D eigenvalue weighted by atomic mass is 35.5. The number of halogens is 1. The molecule has 0 saturated heterocycles. The van der Waals surface area contributed by atoms with Crippen LogP contribution in [0.4, 0.5) is 0 Å². The molecule has 0 bridgehead atoms. The average molecular weight is 304 g/mol. The first-order valence-corrected chi connectivity index (χ1v) is 7.83. The Bertz CT molecular complexity index is 542. The van der Waals surface area contributed by atoms with Crippen LogP contribution in [0.15, 0.2) is 48.5 Å². The number of unbranched alkanes of at least 4 members (excludes halogenated alkanes) is 1. The summed E-state index contributed by atoms with van der Waals surface area (Å²) in [5.41, 5.74) is 2.27. The lowest BCUT2D eigenvalue weighted by Crippen LogP contribution is -2.15. The molecule has 2 aromatic carbocycles. The van der Waals surface area contributed by atoms with Gasteiger partial charge in [-0.15, -0.1) is 0 Å². The topological polar surface area (TPSA) is 21.3 Å². The fraction of sp³-hybridized carbons (Fsp3) is 0.333. The number of nitrogens with one attached hydrogen (secondary N) is 1. The van der Waals surface area contributed by atoms with Gasteiger partial charge < -0.3 is 10.1 Å². The van der Waals surface area contributed by atoms with Crippen LogP contribution in [-0.4, -0.2) is 6.54 Å². The zero-order valence-electron chi connectivity index (χ0n) is 12.4. The van der Waals surface area contributed by atoms with Gasteiger partial charge in [0.25, 0.3) is 0 Å². The van der Waals surface area contributed by atoms with Crippen LogP contribution < -0.4 is 10.1 Å². The molecular formula is C18H22ClNO. The van der Waals surface area contributed by atoms with Gasteiger partial charge >= 0.3 is 0 Å². The molecule has 2 rings (SSSR count). The third-order valence-corrected chi connectivity index (χ3v) is 3.52. The standard InChI is InChI=1S/C18H22ClNO/c1-2-3-11-20-13-16-12-17(19)9-10-18(16)21-14-15-7-5-4-6-8-15/h4-10,12,20H,2-3,11,13-14H2,1H3. The van der Waals surface area contributed by atoms with Crippen LogP contribution >= 0.6 is 11.6 Å². The molecule has 0 unspecified atom stereocenters. The molecule has 0 amide bonds. The monoisotopic (exact) mass is 303 g/mol. The van der Waals surface area contributed by atoms with Crippen molar-refractivity contribution in [1.82, 2.24) is 5.32 Å².